The molecule has 1 aliphatic rings. The number of hydrogen-bond acceptors (Lipinski definition) is 20. The van der Waals surface area contributed by atoms with Gasteiger partial charge in [0.2, 0.25) is 0 Å². The van der Waals surface area contributed by atoms with E-state index in [9.17, 15) is 33.9 Å². The van der Waals surface area contributed by atoms with Crippen LogP contribution in [0.4, 0.5) is 62.9 Å². The Kier molecular flexibility index (Phi) is 48.3. The molecule has 1 fully saturated rings. The third-order valence-electron chi connectivity index (χ3n) is 25.6. The number of amides is 6. The van der Waals surface area contributed by atoms with Gasteiger partial charge in [0.15, 0.2) is 0 Å². The Morgan fingerprint density at radius 1 is 0.227 bits per heavy atom. The van der Waals surface area contributed by atoms with Gasteiger partial charge in [-0.3, -0.25) is 31.9 Å². The lowest BCUT2D eigenvalue weighted by molar-refractivity contribution is 0.167. The normalized spacial score (nSPS) is 10.9. The van der Waals surface area contributed by atoms with Gasteiger partial charge in [0.05, 0.1) is 92.5 Å². The van der Waals surface area contributed by atoms with Crippen molar-refractivity contribution in [3.05, 3.63) is 343 Å². The minimum atomic E-state index is -0.527. The molecule has 26 heteroatoms. The van der Waals surface area contributed by atoms with Gasteiger partial charge in [-0.25, -0.2) is 28.8 Å². The van der Waals surface area contributed by atoms with Crippen LogP contribution < -0.4 is 65.1 Å². The quantitative estimate of drug-likeness (QED) is 0.0182. The second-order valence-corrected chi connectivity index (χ2v) is 37.0. The fourth-order valence-electron chi connectivity index (χ4n) is 16.2. The number of aliphatic hydroxyl groups excluding tert-OH is 1. The third-order valence-corrected chi connectivity index (χ3v) is 25.6. The summed E-state index contributed by atoms with van der Waals surface area (Å²) in [6.07, 6.45) is 0.452. The van der Waals surface area contributed by atoms with Gasteiger partial charge in [-0.2, -0.15) is 0 Å². The molecule has 150 heavy (non-hydrogen) atoms. The van der Waals surface area contributed by atoms with Gasteiger partial charge >= 0.3 is 36.6 Å². The SMILES string of the molecule is CCOC(=O)Nc1cccc(C)c1COc1cc(C)c(C)cc1C.CCOC(=O)Nc1cccc(C)c1COc1cc(C)c(C)cc1C.CCOC(=O)Nc1cccc(C2CC2)c1COc1cc(C)c(C)cc1C.CCOC(=O)Nc1cccc(CC)c1COc1cc(C)c(C)cc1C.CCOC(=O)Nc1cccc(CO)c1COc1cc(C)c(C)cc1C.CCOC(=O)Nc1cccc(OCC)c1COc1cc(C)c(C)cc1C. The molecular weight excluding hydrogens is 1890 g/mol. The molecule has 0 unspecified atom stereocenters. The van der Waals surface area contributed by atoms with Gasteiger partial charge in [-0.15, -0.1) is 0 Å². The van der Waals surface area contributed by atoms with Crippen LogP contribution in [-0.4, -0.2) is 87.9 Å². The first-order chi connectivity index (χ1) is 71.7. The van der Waals surface area contributed by atoms with E-state index in [2.05, 4.69) is 195 Å². The Hall–Kier alpha value is -15.2. The van der Waals surface area contributed by atoms with Crippen LogP contribution in [0.3, 0.4) is 0 Å². The van der Waals surface area contributed by atoms with Crippen molar-refractivity contribution in [1.82, 2.24) is 0 Å². The molecule has 0 atom stereocenters. The van der Waals surface area contributed by atoms with Gasteiger partial charge in [-0.1, -0.05) is 110 Å². The zero-order chi connectivity index (χ0) is 110. The van der Waals surface area contributed by atoms with Crippen LogP contribution in [0.1, 0.15) is 235 Å². The van der Waals surface area contributed by atoms with Crippen LogP contribution in [0.15, 0.2) is 182 Å². The van der Waals surface area contributed by atoms with Gasteiger partial charge in [-0.05, 0) is 419 Å². The molecule has 0 radical (unpaired) electrons. The highest BCUT2D eigenvalue weighted by molar-refractivity contribution is 5.90. The highest BCUT2D eigenvalue weighted by atomic mass is 16.6. The Labute approximate surface area is 888 Å². The second kappa shape index (κ2) is 60.3. The topological polar surface area (TPSA) is 315 Å². The van der Waals surface area contributed by atoms with E-state index in [1.54, 1.807) is 53.7 Å². The molecule has 0 bridgehead atoms. The van der Waals surface area contributed by atoms with Crippen molar-refractivity contribution >= 4 is 70.7 Å². The number of hydrogen-bond donors (Lipinski definition) is 7. The number of carbonyl (C=O) groups excluding carboxylic acids is 6. The minimum absolute atomic E-state index is 0.136. The van der Waals surface area contributed by atoms with E-state index in [0.29, 0.717) is 101 Å². The van der Waals surface area contributed by atoms with Crippen LogP contribution in [-0.2, 0) is 81.1 Å². The molecule has 26 nitrogen and oxygen atoms in total. The number of anilines is 6. The molecule has 0 spiro atoms. The van der Waals surface area contributed by atoms with Crippen molar-refractivity contribution in [2.24, 2.45) is 0 Å². The van der Waals surface area contributed by atoms with Gasteiger partial charge in [0.1, 0.15) is 79.9 Å². The van der Waals surface area contributed by atoms with Gasteiger partial charge < -0.3 is 66.7 Å². The van der Waals surface area contributed by atoms with Crippen molar-refractivity contribution in [2.75, 3.05) is 78.1 Å². The molecule has 0 aromatic heterocycles. The average molecular weight is 2050 g/mol. The molecule has 12 aromatic carbocycles. The van der Waals surface area contributed by atoms with Crippen molar-refractivity contribution in [1.29, 1.82) is 0 Å². The van der Waals surface area contributed by atoms with E-state index in [4.69, 9.17) is 61.6 Å². The van der Waals surface area contributed by atoms with Crippen LogP contribution >= 0.6 is 0 Å². The van der Waals surface area contributed by atoms with Crippen LogP contribution in [0, 0.1) is 138 Å². The Balaban J connectivity index is 0.000000219. The number of carbonyl (C=O) groups is 6. The van der Waals surface area contributed by atoms with Crippen molar-refractivity contribution in [3.63, 3.8) is 0 Å². The van der Waals surface area contributed by atoms with E-state index in [-0.39, 0.29) is 19.8 Å². The molecule has 1 saturated carbocycles. The first-order valence-corrected chi connectivity index (χ1v) is 51.4. The summed E-state index contributed by atoms with van der Waals surface area (Å²) in [5.74, 6) is 6.35. The highest BCUT2D eigenvalue weighted by Crippen LogP contribution is 2.44. The highest BCUT2D eigenvalue weighted by Gasteiger charge is 2.29. The van der Waals surface area contributed by atoms with E-state index >= 15 is 0 Å². The second-order valence-electron chi connectivity index (χ2n) is 37.0. The third kappa shape index (κ3) is 36.7. The molecule has 1 aliphatic carbocycles. The summed E-state index contributed by atoms with van der Waals surface area (Å²) in [7, 11) is 0. The Morgan fingerprint density at radius 2 is 0.447 bits per heavy atom. The molecule has 0 heterocycles. The lowest BCUT2D eigenvalue weighted by atomic mass is 10.0. The summed E-state index contributed by atoms with van der Waals surface area (Å²) in [6, 6.07) is 59.3. The standard InChI is InChI=1S/C22H27NO3.C21H27NO4.C21H27NO3.C20H25NO4.2C20H25NO3/c1-5-25-22(24)23-20-8-6-7-18(17-9-10-17)19(20)13-26-21-12-15(3)14(2)11-16(21)4;1-6-24-19-10-8-9-18(22-21(23)25-7-2)17(19)13-26-20-12-15(4)14(3)11-16(20)5;1-6-17-9-8-10-19(22-21(23)24-7-2)18(17)13-25-20-12-15(4)14(3)11-16(20)5;1-5-24-20(23)21-18-8-6-7-16(11-22)17(18)12-25-19-10-14(3)13(2)9-15(19)4;2*1-6-23-20(22)21-18-9-7-8-13(2)17(18)12-24-19-11-15(4)14(3)10-16(19)5/h6-8,11-12,17H,5,9-10,13H2,1-4H3,(H,23,24);8-12H,6-7,13H2,1-5H3,(H,22,23);8-12H,6-7,13H2,1-5H3,(H,22,23);6-10,22H,5,11-12H2,1-4H3,(H,21,23);2*7-11H,6,12H2,1-5H3,(H,21,22). The zero-order valence-corrected chi connectivity index (χ0v) is 93.1. The number of aryl methyl sites for hydroxylation is 21. The summed E-state index contributed by atoms with van der Waals surface area (Å²) in [5, 5.41) is 26.3. The predicted octanol–water partition coefficient (Wildman–Crippen LogP) is 30.5. The van der Waals surface area contributed by atoms with E-state index in [1.807, 2.05) is 159 Å². The van der Waals surface area contributed by atoms with Gasteiger partial charge in [0, 0.05) is 27.8 Å². The van der Waals surface area contributed by atoms with E-state index < -0.39 is 36.6 Å². The van der Waals surface area contributed by atoms with Crippen LogP contribution in [0.2, 0.25) is 0 Å². The molecule has 13 rings (SSSR count). The maximum Gasteiger partial charge on any atom is 0.411 e. The molecule has 0 saturated heterocycles. The number of rotatable bonds is 35. The largest absolute Gasteiger partial charge is 0.493 e. The summed E-state index contributed by atoms with van der Waals surface area (Å²) in [5.41, 5.74) is 36.0. The maximum atomic E-state index is 11.9. The van der Waals surface area contributed by atoms with E-state index in [1.165, 1.54) is 79.6 Å². The van der Waals surface area contributed by atoms with Crippen LogP contribution in [0.5, 0.6) is 40.2 Å². The van der Waals surface area contributed by atoms with Crippen molar-refractivity contribution in [3.8, 4) is 40.2 Å². The molecule has 802 valence electrons. The molecule has 7 N–H and O–H groups in total. The predicted molar refractivity (Wildman–Crippen MR) is 600 cm³/mol. The molecule has 0 aliphatic heterocycles. The smallest absolute Gasteiger partial charge is 0.411 e. The maximum absolute atomic E-state index is 11.9. The number of ether oxygens (including phenoxy) is 13. The summed E-state index contributed by atoms with van der Waals surface area (Å²) in [4.78, 5) is 70.7. The van der Waals surface area contributed by atoms with Crippen molar-refractivity contribution in [2.45, 2.75) is 265 Å². The summed E-state index contributed by atoms with van der Waals surface area (Å²) < 4.78 is 71.9. The average Bonchev–Trinajstić information content (AvgIpc) is 1.63. The molecule has 12 aromatic rings. The minimum Gasteiger partial charge on any atom is -0.493 e. The Morgan fingerprint density at radius 3 is 0.713 bits per heavy atom. The number of aliphatic hydroxyl groups is 1. The number of nitrogens with one attached hydrogen (secondary N) is 6. The first-order valence-electron chi connectivity index (χ1n) is 51.4. The summed E-state index contributed by atoms with van der Waals surface area (Å²) in [6.45, 7) is 60.3. The number of benzene rings is 12. The summed E-state index contributed by atoms with van der Waals surface area (Å²) >= 11 is 0. The first kappa shape index (κ1) is 120. The fourth-order valence-corrected chi connectivity index (χ4v) is 16.2. The van der Waals surface area contributed by atoms with Gasteiger partial charge in [0.25, 0.3) is 0 Å². The van der Waals surface area contributed by atoms with Crippen molar-refractivity contribution < 1.29 is 95.5 Å². The molecular formula is C124H156N6O20. The monoisotopic (exact) mass is 2050 g/mol. The zero-order valence-electron chi connectivity index (χ0n) is 93.1. The fraction of sp³-hybridized carbons (Fsp3) is 0.371. The van der Waals surface area contributed by atoms with Crippen LogP contribution in [0.25, 0.3) is 0 Å². The lowest BCUT2D eigenvalue weighted by Crippen LogP contribution is -2.16. The molecule has 6 amide bonds. The lowest BCUT2D eigenvalue weighted by Gasteiger charge is -2.17. The van der Waals surface area contributed by atoms with E-state index in [0.717, 1.165) is 153 Å². The Bertz CT molecular complexity index is 6320.